The van der Waals surface area contributed by atoms with Crippen LogP contribution in [0.5, 0.6) is 11.5 Å². The number of hydrogen-bond acceptors (Lipinski definition) is 7. The van der Waals surface area contributed by atoms with Crippen molar-refractivity contribution in [2.24, 2.45) is 0 Å². The molecular weight excluding hydrogens is 402 g/mol. The van der Waals surface area contributed by atoms with Gasteiger partial charge in [-0.3, -0.25) is 9.69 Å². The molecule has 0 aliphatic carbocycles. The highest BCUT2D eigenvalue weighted by Crippen LogP contribution is 2.30. The van der Waals surface area contributed by atoms with Gasteiger partial charge in [-0.15, -0.1) is 10.2 Å². The lowest BCUT2D eigenvalue weighted by Crippen LogP contribution is -2.35. The molecule has 7 nitrogen and oxygen atoms in total. The zero-order valence-electron chi connectivity index (χ0n) is 17.3. The fourth-order valence-electron chi connectivity index (χ4n) is 2.92. The Morgan fingerprint density at radius 2 is 1.83 bits per heavy atom. The summed E-state index contributed by atoms with van der Waals surface area (Å²) in [5, 5.41) is 9.82. The van der Waals surface area contributed by atoms with Crippen LogP contribution < -0.4 is 14.4 Å². The van der Waals surface area contributed by atoms with Crippen LogP contribution in [-0.4, -0.2) is 50.1 Å². The Kier molecular flexibility index (Phi) is 7.75. The zero-order valence-corrected chi connectivity index (χ0v) is 18.1. The number of amides is 1. The lowest BCUT2D eigenvalue weighted by atomic mass is 10.1. The molecule has 0 saturated heterocycles. The summed E-state index contributed by atoms with van der Waals surface area (Å²) < 4.78 is 16.0. The Labute approximate surface area is 180 Å². The van der Waals surface area contributed by atoms with E-state index in [0.29, 0.717) is 30.6 Å². The average molecular weight is 428 g/mol. The Morgan fingerprint density at radius 1 is 1.07 bits per heavy atom. The Hall–Kier alpha value is -2.97. The number of carbonyl (C=O) groups is 1. The van der Waals surface area contributed by atoms with E-state index in [4.69, 9.17) is 14.2 Å². The molecule has 0 atom stereocenters. The lowest BCUT2D eigenvalue weighted by Gasteiger charge is -2.19. The molecule has 30 heavy (non-hydrogen) atoms. The Balaban J connectivity index is 1.80. The molecule has 0 fully saturated rings. The minimum Gasteiger partial charge on any atom is -0.496 e. The van der Waals surface area contributed by atoms with Gasteiger partial charge in [-0.2, -0.15) is 0 Å². The van der Waals surface area contributed by atoms with E-state index < -0.39 is 0 Å². The molecule has 0 radical (unpaired) electrons. The molecule has 0 saturated carbocycles. The number of methoxy groups -OCH3 is 2. The number of aromatic nitrogens is 2. The topological polar surface area (TPSA) is 73.8 Å². The van der Waals surface area contributed by atoms with Gasteiger partial charge < -0.3 is 14.2 Å². The van der Waals surface area contributed by atoms with Crippen LogP contribution in [0.15, 0.2) is 48.5 Å². The smallest absolute Gasteiger partial charge is 0.233 e. The number of benzene rings is 2. The molecule has 3 rings (SSSR count). The summed E-state index contributed by atoms with van der Waals surface area (Å²) in [6, 6.07) is 15.2. The molecule has 0 bridgehead atoms. The van der Waals surface area contributed by atoms with Crippen molar-refractivity contribution < 1.29 is 19.0 Å². The van der Waals surface area contributed by atoms with Crippen LogP contribution in [0.3, 0.4) is 0 Å². The van der Waals surface area contributed by atoms with Crippen molar-refractivity contribution in [3.05, 3.63) is 54.1 Å². The van der Waals surface area contributed by atoms with Crippen molar-refractivity contribution in [2.75, 3.05) is 38.9 Å². The first-order chi connectivity index (χ1) is 14.7. The number of ether oxygens (including phenoxy) is 3. The van der Waals surface area contributed by atoms with E-state index in [1.165, 1.54) is 11.3 Å². The molecule has 158 valence electrons. The maximum atomic E-state index is 13.1. The maximum Gasteiger partial charge on any atom is 0.233 e. The third-order valence-corrected chi connectivity index (χ3v) is 5.41. The summed E-state index contributed by atoms with van der Waals surface area (Å²) in [6.07, 6.45) is 0.200. The van der Waals surface area contributed by atoms with Gasteiger partial charge in [-0.05, 0) is 37.3 Å². The van der Waals surface area contributed by atoms with Crippen molar-refractivity contribution in [2.45, 2.75) is 13.3 Å². The molecule has 1 amide bonds. The molecular formula is C22H25N3O4S. The van der Waals surface area contributed by atoms with Crippen LogP contribution in [0.25, 0.3) is 10.6 Å². The summed E-state index contributed by atoms with van der Waals surface area (Å²) in [7, 11) is 3.20. The molecule has 2 aromatic carbocycles. The van der Waals surface area contributed by atoms with Crippen molar-refractivity contribution in [1.82, 2.24) is 10.2 Å². The summed E-state index contributed by atoms with van der Waals surface area (Å²) in [5.74, 6) is 1.40. The predicted octanol–water partition coefficient (Wildman–Crippen LogP) is 3.83. The number of nitrogens with zero attached hydrogens (tertiary/aromatic N) is 3. The number of carbonyl (C=O) groups excluding carboxylic acids is 1. The van der Waals surface area contributed by atoms with E-state index in [0.717, 1.165) is 21.9 Å². The van der Waals surface area contributed by atoms with E-state index in [1.54, 1.807) is 19.1 Å². The highest BCUT2D eigenvalue weighted by molar-refractivity contribution is 7.18. The standard InChI is InChI=1S/C22H25N3O4S/c1-4-29-18-11-9-16(10-12-18)21-23-24-22(30-21)25(13-14-27-2)20(26)15-17-7-5-6-8-19(17)28-3/h5-12H,4,13-15H2,1-3H3. The largest absolute Gasteiger partial charge is 0.496 e. The van der Waals surface area contributed by atoms with Crippen molar-refractivity contribution in [3.8, 4) is 22.1 Å². The molecule has 0 spiro atoms. The highest BCUT2D eigenvalue weighted by Gasteiger charge is 2.22. The second kappa shape index (κ2) is 10.7. The lowest BCUT2D eigenvalue weighted by molar-refractivity contribution is -0.118. The molecule has 8 heteroatoms. The summed E-state index contributed by atoms with van der Waals surface area (Å²) in [6.45, 7) is 3.35. The van der Waals surface area contributed by atoms with Crippen molar-refractivity contribution >= 4 is 22.4 Å². The van der Waals surface area contributed by atoms with Gasteiger partial charge in [0.05, 0.1) is 33.3 Å². The minimum absolute atomic E-state index is 0.0917. The van der Waals surface area contributed by atoms with Crippen LogP contribution in [0.1, 0.15) is 12.5 Å². The summed E-state index contributed by atoms with van der Waals surface area (Å²) in [4.78, 5) is 14.7. The number of para-hydroxylation sites is 1. The molecule has 0 unspecified atom stereocenters. The fourth-order valence-corrected chi connectivity index (χ4v) is 3.81. The third kappa shape index (κ3) is 5.34. The van der Waals surface area contributed by atoms with Gasteiger partial charge >= 0.3 is 0 Å². The van der Waals surface area contributed by atoms with Crippen molar-refractivity contribution in [1.29, 1.82) is 0 Å². The van der Waals surface area contributed by atoms with Crippen molar-refractivity contribution in [3.63, 3.8) is 0 Å². The molecule has 0 N–H and O–H groups in total. The number of anilines is 1. The first-order valence-corrected chi connectivity index (χ1v) is 10.5. The second-order valence-electron chi connectivity index (χ2n) is 6.37. The van der Waals surface area contributed by atoms with E-state index in [9.17, 15) is 4.79 Å². The monoisotopic (exact) mass is 427 g/mol. The number of hydrogen-bond donors (Lipinski definition) is 0. The van der Waals surface area contributed by atoms with Gasteiger partial charge in [-0.1, -0.05) is 29.5 Å². The third-order valence-electron chi connectivity index (χ3n) is 4.41. The van der Waals surface area contributed by atoms with Gasteiger partial charge in [0, 0.05) is 18.2 Å². The quantitative estimate of drug-likeness (QED) is 0.490. The van der Waals surface area contributed by atoms with Crippen LogP contribution in [-0.2, 0) is 16.0 Å². The normalized spacial score (nSPS) is 10.6. The Bertz CT molecular complexity index is 959. The zero-order chi connectivity index (χ0) is 21.3. The maximum absolute atomic E-state index is 13.1. The first kappa shape index (κ1) is 21.7. The molecule has 0 aliphatic rings. The SMILES string of the molecule is CCOc1ccc(-c2nnc(N(CCOC)C(=O)Cc3ccccc3OC)s2)cc1. The minimum atomic E-state index is -0.0917. The van der Waals surface area contributed by atoms with E-state index in [1.807, 2.05) is 55.5 Å². The van der Waals surface area contributed by atoms with Crippen LogP contribution in [0.2, 0.25) is 0 Å². The average Bonchev–Trinajstić information content (AvgIpc) is 3.25. The highest BCUT2D eigenvalue weighted by atomic mass is 32.1. The number of rotatable bonds is 10. The summed E-state index contributed by atoms with van der Waals surface area (Å²) >= 11 is 1.37. The van der Waals surface area contributed by atoms with Crippen LogP contribution in [0, 0.1) is 0 Å². The first-order valence-electron chi connectivity index (χ1n) is 9.64. The Morgan fingerprint density at radius 3 is 2.53 bits per heavy atom. The molecule has 0 aliphatic heterocycles. The van der Waals surface area contributed by atoms with Gasteiger partial charge in [0.1, 0.15) is 16.5 Å². The van der Waals surface area contributed by atoms with Crippen LogP contribution >= 0.6 is 11.3 Å². The van der Waals surface area contributed by atoms with Gasteiger partial charge in [-0.25, -0.2) is 0 Å². The van der Waals surface area contributed by atoms with E-state index >= 15 is 0 Å². The second-order valence-corrected chi connectivity index (χ2v) is 7.33. The van der Waals surface area contributed by atoms with Gasteiger partial charge in [0.15, 0.2) is 0 Å². The van der Waals surface area contributed by atoms with Gasteiger partial charge in [0.25, 0.3) is 0 Å². The van der Waals surface area contributed by atoms with E-state index in [2.05, 4.69) is 10.2 Å². The molecule has 3 aromatic rings. The summed E-state index contributed by atoms with van der Waals surface area (Å²) in [5.41, 5.74) is 1.75. The fraction of sp³-hybridized carbons (Fsp3) is 0.318. The predicted molar refractivity (Wildman–Crippen MR) is 117 cm³/mol. The van der Waals surface area contributed by atoms with E-state index in [-0.39, 0.29) is 12.3 Å². The molecule has 1 aromatic heterocycles. The molecule has 1 heterocycles. The van der Waals surface area contributed by atoms with Gasteiger partial charge in [0.2, 0.25) is 11.0 Å². The van der Waals surface area contributed by atoms with Crippen LogP contribution in [0.4, 0.5) is 5.13 Å².